The van der Waals surface area contributed by atoms with Crippen LogP contribution in [0.15, 0.2) is 47.6 Å². The quantitative estimate of drug-likeness (QED) is 0.506. The largest absolute Gasteiger partial charge is 0.458 e. The summed E-state index contributed by atoms with van der Waals surface area (Å²) in [5.74, 6) is -0.251. The van der Waals surface area contributed by atoms with E-state index in [1.165, 1.54) is 11.1 Å². The average molecular weight is 286 g/mol. The van der Waals surface area contributed by atoms with Crippen molar-refractivity contribution < 1.29 is 9.53 Å². The molecule has 0 fully saturated rings. The van der Waals surface area contributed by atoms with Crippen LogP contribution in [0.25, 0.3) is 0 Å². The number of esters is 1. The molecule has 0 aliphatic heterocycles. The molecule has 0 saturated heterocycles. The minimum atomic E-state index is -0.251. The highest BCUT2D eigenvalue weighted by Gasteiger charge is 2.08. The topological polar surface area (TPSA) is 26.3 Å². The Morgan fingerprint density at radius 2 is 1.86 bits per heavy atom. The standard InChI is InChI=1S/C19H26O2/c1-5-15(2)9-8-10-16(3)13-14-21-19(20)18-12-7-6-11-17(18)4/h6-7,9,11-13H,5,8,10,14H2,1-4H3/b15-9?,16-13+. The molecule has 0 N–H and O–H groups in total. The van der Waals surface area contributed by atoms with Gasteiger partial charge in [0.15, 0.2) is 0 Å². The van der Waals surface area contributed by atoms with Crippen LogP contribution in [0.1, 0.15) is 56.0 Å². The van der Waals surface area contributed by atoms with E-state index in [4.69, 9.17) is 4.74 Å². The lowest BCUT2D eigenvalue weighted by Crippen LogP contribution is -2.07. The highest BCUT2D eigenvalue weighted by molar-refractivity contribution is 5.90. The summed E-state index contributed by atoms with van der Waals surface area (Å²) in [7, 11) is 0. The highest BCUT2D eigenvalue weighted by atomic mass is 16.5. The summed E-state index contributed by atoms with van der Waals surface area (Å²) in [6, 6.07) is 7.49. The molecule has 0 aliphatic carbocycles. The van der Waals surface area contributed by atoms with Crippen LogP contribution in [-0.4, -0.2) is 12.6 Å². The Hall–Kier alpha value is -1.83. The molecule has 0 aromatic heterocycles. The van der Waals surface area contributed by atoms with Gasteiger partial charge >= 0.3 is 5.97 Å². The van der Waals surface area contributed by atoms with Crippen molar-refractivity contribution in [2.45, 2.75) is 47.0 Å². The summed E-state index contributed by atoms with van der Waals surface area (Å²) in [6.07, 6.45) is 7.44. The maximum atomic E-state index is 11.9. The van der Waals surface area contributed by atoms with Crippen molar-refractivity contribution in [2.75, 3.05) is 6.61 Å². The molecule has 2 heteroatoms. The summed E-state index contributed by atoms with van der Waals surface area (Å²) in [4.78, 5) is 11.9. The van der Waals surface area contributed by atoms with Crippen LogP contribution >= 0.6 is 0 Å². The minimum absolute atomic E-state index is 0.251. The van der Waals surface area contributed by atoms with Crippen molar-refractivity contribution in [3.8, 4) is 0 Å². The molecule has 0 heterocycles. The number of hydrogen-bond donors (Lipinski definition) is 0. The van der Waals surface area contributed by atoms with Gasteiger partial charge in [-0.1, -0.05) is 42.3 Å². The molecule has 114 valence electrons. The van der Waals surface area contributed by atoms with E-state index in [2.05, 4.69) is 26.8 Å². The molecule has 0 unspecified atom stereocenters. The molecular formula is C19H26O2. The smallest absolute Gasteiger partial charge is 0.338 e. The Kier molecular flexibility index (Phi) is 7.52. The maximum absolute atomic E-state index is 11.9. The van der Waals surface area contributed by atoms with Gasteiger partial charge in [0, 0.05) is 0 Å². The van der Waals surface area contributed by atoms with Crippen LogP contribution in [0, 0.1) is 6.92 Å². The van der Waals surface area contributed by atoms with E-state index in [9.17, 15) is 4.79 Å². The summed E-state index contributed by atoms with van der Waals surface area (Å²) in [5, 5.41) is 0. The second kappa shape index (κ2) is 9.17. The van der Waals surface area contributed by atoms with Gasteiger partial charge in [-0.25, -0.2) is 4.79 Å². The van der Waals surface area contributed by atoms with Crippen molar-refractivity contribution in [1.82, 2.24) is 0 Å². The fourth-order valence-corrected chi connectivity index (χ4v) is 1.93. The molecule has 0 aliphatic rings. The second-order valence-corrected chi connectivity index (χ2v) is 5.41. The van der Waals surface area contributed by atoms with E-state index in [1.54, 1.807) is 6.07 Å². The average Bonchev–Trinajstić information content (AvgIpc) is 2.47. The van der Waals surface area contributed by atoms with Gasteiger partial charge < -0.3 is 4.74 Å². The predicted octanol–water partition coefficient (Wildman–Crippen LogP) is 5.23. The molecule has 0 amide bonds. The molecule has 0 radical (unpaired) electrons. The summed E-state index contributed by atoms with van der Waals surface area (Å²) < 4.78 is 5.30. The second-order valence-electron chi connectivity index (χ2n) is 5.41. The molecular weight excluding hydrogens is 260 g/mol. The first-order valence-electron chi connectivity index (χ1n) is 7.58. The third kappa shape index (κ3) is 6.44. The predicted molar refractivity (Wildman–Crippen MR) is 88.5 cm³/mol. The van der Waals surface area contributed by atoms with Crippen LogP contribution in [0.2, 0.25) is 0 Å². The van der Waals surface area contributed by atoms with Gasteiger partial charge in [-0.15, -0.1) is 0 Å². The van der Waals surface area contributed by atoms with Crippen LogP contribution in [0.5, 0.6) is 0 Å². The molecule has 1 rings (SSSR count). The van der Waals surface area contributed by atoms with Crippen molar-refractivity contribution in [3.05, 3.63) is 58.7 Å². The van der Waals surface area contributed by atoms with Gasteiger partial charge in [0.1, 0.15) is 6.61 Å². The number of carbonyl (C=O) groups is 1. The van der Waals surface area contributed by atoms with Crippen molar-refractivity contribution >= 4 is 5.97 Å². The van der Waals surface area contributed by atoms with Gasteiger partial charge in [-0.3, -0.25) is 0 Å². The van der Waals surface area contributed by atoms with E-state index in [0.29, 0.717) is 12.2 Å². The zero-order valence-corrected chi connectivity index (χ0v) is 13.6. The van der Waals surface area contributed by atoms with Gasteiger partial charge in [-0.05, 0) is 57.7 Å². The highest BCUT2D eigenvalue weighted by Crippen LogP contribution is 2.10. The Balaban J connectivity index is 2.40. The lowest BCUT2D eigenvalue weighted by molar-refractivity contribution is 0.0548. The monoisotopic (exact) mass is 286 g/mol. The van der Waals surface area contributed by atoms with E-state index in [0.717, 1.165) is 24.8 Å². The Morgan fingerprint density at radius 3 is 2.52 bits per heavy atom. The van der Waals surface area contributed by atoms with E-state index < -0.39 is 0 Å². The number of ether oxygens (including phenoxy) is 1. The first-order chi connectivity index (χ1) is 10.0. The molecule has 0 bridgehead atoms. The molecule has 1 aromatic carbocycles. The molecule has 21 heavy (non-hydrogen) atoms. The minimum Gasteiger partial charge on any atom is -0.458 e. The molecule has 0 saturated carbocycles. The number of aryl methyl sites for hydroxylation is 1. The summed E-state index contributed by atoms with van der Waals surface area (Å²) in [5.41, 5.74) is 4.27. The van der Waals surface area contributed by atoms with Gasteiger partial charge in [0.2, 0.25) is 0 Å². The Bertz CT molecular complexity index is 524. The van der Waals surface area contributed by atoms with E-state index >= 15 is 0 Å². The van der Waals surface area contributed by atoms with E-state index in [1.807, 2.05) is 31.2 Å². The molecule has 0 spiro atoms. The Labute approximate surface area is 128 Å². The third-order valence-electron chi connectivity index (χ3n) is 3.60. The lowest BCUT2D eigenvalue weighted by atomic mass is 10.1. The van der Waals surface area contributed by atoms with E-state index in [-0.39, 0.29) is 5.97 Å². The van der Waals surface area contributed by atoms with Crippen LogP contribution in [0.4, 0.5) is 0 Å². The Morgan fingerprint density at radius 1 is 1.14 bits per heavy atom. The lowest BCUT2D eigenvalue weighted by Gasteiger charge is -2.05. The number of hydrogen-bond acceptors (Lipinski definition) is 2. The number of allylic oxidation sites excluding steroid dienone is 3. The van der Waals surface area contributed by atoms with Gasteiger partial charge in [0.05, 0.1) is 5.56 Å². The molecule has 1 aromatic rings. The van der Waals surface area contributed by atoms with Crippen LogP contribution in [-0.2, 0) is 4.74 Å². The summed E-state index contributed by atoms with van der Waals surface area (Å²) >= 11 is 0. The first kappa shape index (κ1) is 17.2. The third-order valence-corrected chi connectivity index (χ3v) is 3.60. The van der Waals surface area contributed by atoms with Crippen molar-refractivity contribution in [2.24, 2.45) is 0 Å². The maximum Gasteiger partial charge on any atom is 0.338 e. The number of carbonyl (C=O) groups excluding carboxylic acids is 1. The number of benzene rings is 1. The zero-order valence-electron chi connectivity index (χ0n) is 13.6. The normalized spacial score (nSPS) is 12.4. The van der Waals surface area contributed by atoms with Crippen LogP contribution in [0.3, 0.4) is 0 Å². The summed E-state index contributed by atoms with van der Waals surface area (Å²) in [6.45, 7) is 8.66. The molecule has 2 nitrogen and oxygen atoms in total. The van der Waals surface area contributed by atoms with Crippen molar-refractivity contribution in [3.63, 3.8) is 0 Å². The first-order valence-corrected chi connectivity index (χ1v) is 7.58. The fraction of sp³-hybridized carbons (Fsp3) is 0.421. The molecule has 0 atom stereocenters. The fourth-order valence-electron chi connectivity index (χ4n) is 1.93. The van der Waals surface area contributed by atoms with Crippen molar-refractivity contribution in [1.29, 1.82) is 0 Å². The number of rotatable bonds is 7. The van der Waals surface area contributed by atoms with Gasteiger partial charge in [-0.2, -0.15) is 0 Å². The van der Waals surface area contributed by atoms with Gasteiger partial charge in [0.25, 0.3) is 0 Å². The zero-order chi connectivity index (χ0) is 15.7. The van der Waals surface area contributed by atoms with Crippen LogP contribution < -0.4 is 0 Å². The SMILES string of the molecule is CCC(C)=CCC/C(C)=C/COC(=O)c1ccccc1C.